The average Bonchev–Trinajstić information content (AvgIpc) is 2.37. The van der Waals surface area contributed by atoms with Gasteiger partial charge < -0.3 is 15.2 Å². The first kappa shape index (κ1) is 16.5. The zero-order valence-corrected chi connectivity index (χ0v) is 12.8. The molecule has 0 aromatic heterocycles. The number of aryl methyl sites for hydroxylation is 1. The molecule has 0 radical (unpaired) electrons. The first-order valence-electron chi connectivity index (χ1n) is 7.16. The maximum atomic E-state index is 11.8. The molecule has 2 atom stereocenters. The molecule has 0 bridgehead atoms. The molecule has 0 aliphatic heterocycles. The minimum atomic E-state index is -0.565. The minimum absolute atomic E-state index is 0.0434. The fourth-order valence-corrected chi connectivity index (χ4v) is 2.02. The fraction of sp³-hybridized carbons (Fsp3) is 0.562. The van der Waals surface area contributed by atoms with Gasteiger partial charge in [-0.05, 0) is 45.2 Å². The molecule has 0 spiro atoms. The van der Waals surface area contributed by atoms with Crippen molar-refractivity contribution in [1.82, 2.24) is 0 Å². The summed E-state index contributed by atoms with van der Waals surface area (Å²) in [7, 11) is 0. The summed E-state index contributed by atoms with van der Waals surface area (Å²) in [6.45, 7) is 8.03. The van der Waals surface area contributed by atoms with E-state index < -0.39 is 6.10 Å². The van der Waals surface area contributed by atoms with Gasteiger partial charge in [0.1, 0.15) is 5.75 Å². The average molecular weight is 279 g/mol. The van der Waals surface area contributed by atoms with E-state index in [1.54, 1.807) is 6.92 Å². The minimum Gasteiger partial charge on any atom is -0.478 e. The molecule has 1 aromatic rings. The van der Waals surface area contributed by atoms with Gasteiger partial charge in [0.25, 0.3) is 0 Å². The van der Waals surface area contributed by atoms with Crippen LogP contribution in [0.5, 0.6) is 5.75 Å². The number of hydrogen-bond donors (Lipinski definition) is 1. The van der Waals surface area contributed by atoms with Crippen molar-refractivity contribution in [3.8, 4) is 5.75 Å². The molecule has 20 heavy (non-hydrogen) atoms. The molecule has 4 nitrogen and oxygen atoms in total. The van der Waals surface area contributed by atoms with Crippen molar-refractivity contribution >= 4 is 5.97 Å². The third-order valence-electron chi connectivity index (χ3n) is 2.95. The van der Waals surface area contributed by atoms with Crippen molar-refractivity contribution in [3.05, 3.63) is 29.3 Å². The summed E-state index contributed by atoms with van der Waals surface area (Å²) in [5.41, 5.74) is 8.05. The number of esters is 1. The molecule has 4 heteroatoms. The molecule has 2 N–H and O–H groups in total. The molecule has 0 heterocycles. The van der Waals surface area contributed by atoms with Crippen molar-refractivity contribution in [3.63, 3.8) is 0 Å². The Kier molecular flexibility index (Phi) is 6.52. The highest BCUT2D eigenvalue weighted by atomic mass is 16.6. The molecule has 0 saturated carbocycles. The zero-order valence-electron chi connectivity index (χ0n) is 12.8. The highest BCUT2D eigenvalue weighted by Gasteiger charge is 2.21. The van der Waals surface area contributed by atoms with Gasteiger partial charge in [-0.2, -0.15) is 0 Å². The van der Waals surface area contributed by atoms with Crippen LogP contribution in [0.4, 0.5) is 0 Å². The van der Waals surface area contributed by atoms with Gasteiger partial charge in [-0.25, -0.2) is 4.79 Å². The fourth-order valence-electron chi connectivity index (χ4n) is 2.02. The lowest BCUT2D eigenvalue weighted by Gasteiger charge is -2.19. The number of carbonyl (C=O) groups is 1. The van der Waals surface area contributed by atoms with Crippen LogP contribution in [0, 0.1) is 6.92 Å². The van der Waals surface area contributed by atoms with Gasteiger partial charge in [-0.15, -0.1) is 0 Å². The Morgan fingerprint density at radius 2 is 2.05 bits per heavy atom. The lowest BCUT2D eigenvalue weighted by molar-refractivity contribution is -0.151. The second-order valence-electron chi connectivity index (χ2n) is 5.06. The Balaban J connectivity index is 2.91. The predicted molar refractivity (Wildman–Crippen MR) is 79.9 cm³/mol. The summed E-state index contributed by atoms with van der Waals surface area (Å²) in [6, 6.07) is 5.96. The quantitative estimate of drug-likeness (QED) is 0.779. The maximum absolute atomic E-state index is 11.8. The summed E-state index contributed by atoms with van der Waals surface area (Å²) in [4.78, 5) is 11.8. The second-order valence-corrected chi connectivity index (χ2v) is 5.06. The number of rotatable bonds is 7. The maximum Gasteiger partial charge on any atom is 0.347 e. The van der Waals surface area contributed by atoms with Crippen molar-refractivity contribution in [2.75, 3.05) is 6.61 Å². The normalized spacial score (nSPS) is 13.7. The first-order valence-corrected chi connectivity index (χ1v) is 7.16. The Morgan fingerprint density at radius 3 is 2.60 bits per heavy atom. The monoisotopic (exact) mass is 279 g/mol. The van der Waals surface area contributed by atoms with Crippen LogP contribution >= 0.6 is 0 Å². The van der Waals surface area contributed by atoms with Gasteiger partial charge in [0.2, 0.25) is 0 Å². The topological polar surface area (TPSA) is 61.5 Å². The molecule has 0 aliphatic rings. The SMILES string of the molecule is CCOC(=O)C(CC)Oc1ccc(C)cc1CC(C)N. The van der Waals surface area contributed by atoms with E-state index in [0.717, 1.165) is 17.5 Å². The Bertz CT molecular complexity index is 443. The molecule has 1 rings (SSSR count). The molecular formula is C16H25NO3. The molecule has 0 fully saturated rings. The standard InChI is InChI=1S/C16H25NO3/c1-5-14(16(18)19-6-2)20-15-8-7-11(3)9-13(15)10-12(4)17/h7-9,12,14H,5-6,10,17H2,1-4H3. The van der Waals surface area contributed by atoms with Crippen LogP contribution in [0.2, 0.25) is 0 Å². The van der Waals surface area contributed by atoms with E-state index in [1.165, 1.54) is 0 Å². The predicted octanol–water partition coefficient (Wildman–Crippen LogP) is 2.61. The largest absolute Gasteiger partial charge is 0.478 e. The van der Waals surface area contributed by atoms with Crippen LogP contribution < -0.4 is 10.5 Å². The Hall–Kier alpha value is -1.55. The van der Waals surface area contributed by atoms with Gasteiger partial charge in [-0.1, -0.05) is 24.6 Å². The molecule has 0 saturated heterocycles. The van der Waals surface area contributed by atoms with Crippen LogP contribution in [-0.4, -0.2) is 24.7 Å². The summed E-state index contributed by atoms with van der Waals surface area (Å²) < 4.78 is 10.9. The number of benzene rings is 1. The number of hydrogen-bond acceptors (Lipinski definition) is 4. The third-order valence-corrected chi connectivity index (χ3v) is 2.95. The highest BCUT2D eigenvalue weighted by Crippen LogP contribution is 2.23. The molecule has 0 amide bonds. The number of nitrogens with two attached hydrogens (primary N) is 1. The zero-order chi connectivity index (χ0) is 15.1. The van der Waals surface area contributed by atoms with Gasteiger partial charge in [0, 0.05) is 6.04 Å². The van der Waals surface area contributed by atoms with Gasteiger partial charge >= 0.3 is 5.97 Å². The summed E-state index contributed by atoms with van der Waals surface area (Å²) in [5.74, 6) is 0.398. The number of ether oxygens (including phenoxy) is 2. The highest BCUT2D eigenvalue weighted by molar-refractivity contribution is 5.75. The van der Waals surface area contributed by atoms with E-state index in [-0.39, 0.29) is 12.0 Å². The van der Waals surface area contributed by atoms with Crippen LogP contribution in [0.3, 0.4) is 0 Å². The van der Waals surface area contributed by atoms with Gasteiger partial charge in [0.05, 0.1) is 6.61 Å². The van der Waals surface area contributed by atoms with E-state index in [4.69, 9.17) is 15.2 Å². The Labute approximate surface area is 121 Å². The Morgan fingerprint density at radius 1 is 1.35 bits per heavy atom. The molecular weight excluding hydrogens is 254 g/mol. The lowest BCUT2D eigenvalue weighted by Crippen LogP contribution is -2.29. The van der Waals surface area contributed by atoms with Gasteiger partial charge in [0.15, 0.2) is 6.10 Å². The molecule has 112 valence electrons. The van der Waals surface area contributed by atoms with E-state index in [9.17, 15) is 4.79 Å². The molecule has 0 aliphatic carbocycles. The summed E-state index contributed by atoms with van der Waals surface area (Å²) >= 11 is 0. The van der Waals surface area contributed by atoms with Crippen LogP contribution in [-0.2, 0) is 16.0 Å². The third kappa shape index (κ3) is 4.85. The van der Waals surface area contributed by atoms with Crippen molar-refractivity contribution in [1.29, 1.82) is 0 Å². The van der Waals surface area contributed by atoms with Crippen molar-refractivity contribution in [2.45, 2.75) is 52.7 Å². The van der Waals surface area contributed by atoms with E-state index in [2.05, 4.69) is 6.07 Å². The summed E-state index contributed by atoms with van der Waals surface area (Å²) in [6.07, 6.45) is 0.727. The second kappa shape index (κ2) is 7.90. The molecule has 1 aromatic carbocycles. The van der Waals surface area contributed by atoms with Crippen LogP contribution in [0.25, 0.3) is 0 Å². The smallest absolute Gasteiger partial charge is 0.347 e. The van der Waals surface area contributed by atoms with Crippen LogP contribution in [0.1, 0.15) is 38.3 Å². The molecule has 2 unspecified atom stereocenters. The van der Waals surface area contributed by atoms with E-state index >= 15 is 0 Å². The lowest BCUT2D eigenvalue weighted by atomic mass is 10.0. The first-order chi connectivity index (χ1) is 9.47. The van der Waals surface area contributed by atoms with E-state index in [0.29, 0.717) is 18.8 Å². The van der Waals surface area contributed by atoms with Crippen LogP contribution in [0.15, 0.2) is 18.2 Å². The van der Waals surface area contributed by atoms with E-state index in [1.807, 2.05) is 32.9 Å². The summed E-state index contributed by atoms with van der Waals surface area (Å²) in [5, 5.41) is 0. The number of carbonyl (C=O) groups excluding carboxylic acids is 1. The van der Waals surface area contributed by atoms with Crippen molar-refractivity contribution < 1.29 is 14.3 Å². The van der Waals surface area contributed by atoms with Gasteiger partial charge in [-0.3, -0.25) is 0 Å². The van der Waals surface area contributed by atoms with Crippen molar-refractivity contribution in [2.24, 2.45) is 5.73 Å².